The molecule has 0 aromatic heterocycles. The number of carbonyl (C=O) groups is 2. The monoisotopic (exact) mass is 343 g/mol. The van der Waals surface area contributed by atoms with Crippen molar-refractivity contribution < 1.29 is 9.59 Å². The van der Waals surface area contributed by atoms with E-state index in [0.29, 0.717) is 17.7 Å². The lowest BCUT2D eigenvalue weighted by atomic mass is 10.0. The number of halogens is 1. The van der Waals surface area contributed by atoms with Crippen molar-refractivity contribution >= 4 is 27.7 Å². The molecule has 0 spiro atoms. The van der Waals surface area contributed by atoms with Crippen molar-refractivity contribution in [3.05, 3.63) is 70.8 Å². The van der Waals surface area contributed by atoms with Crippen molar-refractivity contribution in [1.82, 2.24) is 4.90 Å². The highest BCUT2D eigenvalue weighted by molar-refractivity contribution is 9.09. The Morgan fingerprint density at radius 1 is 1.00 bits per heavy atom. The summed E-state index contributed by atoms with van der Waals surface area (Å²) >= 11 is 3.58. The van der Waals surface area contributed by atoms with E-state index in [9.17, 15) is 9.59 Å². The molecule has 0 radical (unpaired) electrons. The molecule has 1 aliphatic heterocycles. The van der Waals surface area contributed by atoms with E-state index < -0.39 is 0 Å². The lowest BCUT2D eigenvalue weighted by molar-refractivity contribution is 0.0606. The molecule has 106 valence electrons. The minimum Gasteiger partial charge on any atom is -0.273 e. The Morgan fingerprint density at radius 2 is 1.57 bits per heavy atom. The second kappa shape index (κ2) is 5.45. The maximum atomic E-state index is 12.3. The van der Waals surface area contributed by atoms with Crippen LogP contribution >= 0.6 is 15.9 Å². The summed E-state index contributed by atoms with van der Waals surface area (Å²) in [4.78, 5) is 25.8. The van der Waals surface area contributed by atoms with Crippen LogP contribution in [0.2, 0.25) is 0 Å². The van der Waals surface area contributed by atoms with Gasteiger partial charge in [-0.2, -0.15) is 0 Å². The van der Waals surface area contributed by atoms with Gasteiger partial charge in [0, 0.05) is 17.7 Å². The third-order valence-electron chi connectivity index (χ3n) is 3.63. The number of nitrogens with zero attached hydrogens (tertiary/aromatic N) is 1. The van der Waals surface area contributed by atoms with Crippen molar-refractivity contribution in [3.63, 3.8) is 0 Å². The minimum atomic E-state index is -0.232. The van der Waals surface area contributed by atoms with Gasteiger partial charge in [0.15, 0.2) is 0 Å². The Hall–Kier alpha value is -1.94. The summed E-state index contributed by atoms with van der Waals surface area (Å²) in [6, 6.07) is 14.9. The molecule has 1 aliphatic rings. The maximum Gasteiger partial charge on any atom is 0.260 e. The predicted molar refractivity (Wildman–Crippen MR) is 84.7 cm³/mol. The smallest absolute Gasteiger partial charge is 0.260 e. The molecule has 2 aromatic carbocycles. The van der Waals surface area contributed by atoms with Crippen LogP contribution in [0.4, 0.5) is 0 Å². The number of hydrogen-bond acceptors (Lipinski definition) is 2. The van der Waals surface area contributed by atoms with E-state index in [1.54, 1.807) is 24.3 Å². The van der Waals surface area contributed by atoms with Crippen molar-refractivity contribution in [2.24, 2.45) is 0 Å². The molecule has 1 unspecified atom stereocenters. The van der Waals surface area contributed by atoms with Gasteiger partial charge >= 0.3 is 0 Å². The van der Waals surface area contributed by atoms with E-state index in [-0.39, 0.29) is 16.6 Å². The Kier molecular flexibility index (Phi) is 3.64. The quantitative estimate of drug-likeness (QED) is 0.629. The molecule has 21 heavy (non-hydrogen) atoms. The Morgan fingerprint density at radius 3 is 2.14 bits per heavy atom. The molecule has 2 aromatic rings. The van der Waals surface area contributed by atoms with E-state index in [1.807, 2.05) is 31.2 Å². The predicted octanol–water partition coefficient (Wildman–Crippen LogP) is 3.73. The van der Waals surface area contributed by atoms with Crippen molar-refractivity contribution in [3.8, 4) is 0 Å². The Labute approximate surface area is 131 Å². The van der Waals surface area contributed by atoms with Gasteiger partial charge in [0.05, 0.1) is 4.83 Å². The van der Waals surface area contributed by atoms with Crippen LogP contribution < -0.4 is 0 Å². The average Bonchev–Trinajstić information content (AvgIpc) is 2.50. The molecular weight excluding hydrogens is 330 g/mol. The van der Waals surface area contributed by atoms with Crippen LogP contribution in [0.5, 0.6) is 0 Å². The fraction of sp³-hybridized carbons (Fsp3) is 0.176. The average molecular weight is 344 g/mol. The second-order valence-corrected chi connectivity index (χ2v) is 6.29. The fourth-order valence-corrected chi connectivity index (χ4v) is 2.99. The van der Waals surface area contributed by atoms with Gasteiger partial charge < -0.3 is 0 Å². The molecule has 0 N–H and O–H groups in total. The van der Waals surface area contributed by atoms with Crippen LogP contribution in [-0.2, 0) is 0 Å². The summed E-state index contributed by atoms with van der Waals surface area (Å²) < 4.78 is 0. The van der Waals surface area contributed by atoms with Crippen LogP contribution in [0.15, 0.2) is 48.5 Å². The summed E-state index contributed by atoms with van der Waals surface area (Å²) in [5, 5.41) is 0. The molecule has 0 fully saturated rings. The second-order valence-electron chi connectivity index (χ2n) is 5.18. The van der Waals surface area contributed by atoms with Crippen LogP contribution in [0.25, 0.3) is 0 Å². The minimum absolute atomic E-state index is 0.0741. The number of amides is 2. The topological polar surface area (TPSA) is 37.4 Å². The van der Waals surface area contributed by atoms with Crippen LogP contribution in [0, 0.1) is 6.92 Å². The molecule has 1 heterocycles. The molecule has 0 saturated carbocycles. The van der Waals surface area contributed by atoms with Gasteiger partial charge in [-0.25, -0.2) is 0 Å². The molecule has 0 aliphatic carbocycles. The van der Waals surface area contributed by atoms with Crippen molar-refractivity contribution in [2.75, 3.05) is 6.54 Å². The number of imide groups is 1. The van der Waals surface area contributed by atoms with E-state index in [1.165, 1.54) is 10.5 Å². The molecular formula is C17H14BrNO2. The van der Waals surface area contributed by atoms with E-state index in [4.69, 9.17) is 0 Å². The van der Waals surface area contributed by atoms with Gasteiger partial charge in [-0.3, -0.25) is 14.5 Å². The van der Waals surface area contributed by atoms with Crippen molar-refractivity contribution in [1.29, 1.82) is 0 Å². The van der Waals surface area contributed by atoms with Gasteiger partial charge in [-0.05, 0) is 30.7 Å². The first-order chi connectivity index (χ1) is 10.1. The van der Waals surface area contributed by atoms with Crippen LogP contribution in [-0.4, -0.2) is 23.3 Å². The lowest BCUT2D eigenvalue weighted by Crippen LogP contribution is -2.41. The Balaban J connectivity index is 1.83. The van der Waals surface area contributed by atoms with Gasteiger partial charge in [-0.15, -0.1) is 0 Å². The van der Waals surface area contributed by atoms with Crippen molar-refractivity contribution in [2.45, 2.75) is 11.8 Å². The summed E-state index contributed by atoms with van der Waals surface area (Å²) in [6.45, 7) is 2.35. The molecule has 3 nitrogen and oxygen atoms in total. The van der Waals surface area contributed by atoms with Gasteiger partial charge in [-0.1, -0.05) is 51.8 Å². The number of fused-ring (bicyclic) bond motifs is 2. The third kappa shape index (κ3) is 2.63. The zero-order chi connectivity index (χ0) is 15.0. The number of rotatable bonds is 3. The third-order valence-corrected chi connectivity index (χ3v) is 4.45. The van der Waals surface area contributed by atoms with Gasteiger partial charge in [0.25, 0.3) is 11.8 Å². The fourth-order valence-electron chi connectivity index (χ4n) is 2.40. The first-order valence-electron chi connectivity index (χ1n) is 6.73. The number of carbonyl (C=O) groups excluding carboxylic acids is 2. The summed E-state index contributed by atoms with van der Waals surface area (Å²) in [5.74, 6) is -0.464. The highest BCUT2D eigenvalue weighted by Gasteiger charge is 2.30. The first-order valence-corrected chi connectivity index (χ1v) is 7.65. The Bertz CT molecular complexity index is 678. The van der Waals surface area contributed by atoms with Crippen LogP contribution in [0.3, 0.4) is 0 Å². The van der Waals surface area contributed by atoms with E-state index >= 15 is 0 Å². The zero-order valence-corrected chi connectivity index (χ0v) is 13.1. The molecule has 1 atom stereocenters. The zero-order valence-electron chi connectivity index (χ0n) is 11.5. The summed E-state index contributed by atoms with van der Waals surface area (Å²) in [5.41, 5.74) is 3.36. The van der Waals surface area contributed by atoms with E-state index in [0.717, 1.165) is 5.56 Å². The summed E-state index contributed by atoms with van der Waals surface area (Å²) in [7, 11) is 0. The maximum absolute atomic E-state index is 12.3. The molecule has 0 saturated heterocycles. The molecule has 2 bridgehead atoms. The van der Waals surface area contributed by atoms with Gasteiger partial charge in [0.2, 0.25) is 0 Å². The molecule has 2 amide bonds. The highest BCUT2D eigenvalue weighted by Crippen LogP contribution is 2.27. The normalized spacial score (nSPS) is 15.2. The highest BCUT2D eigenvalue weighted by atomic mass is 79.9. The largest absolute Gasteiger partial charge is 0.273 e. The van der Waals surface area contributed by atoms with Crippen LogP contribution in [0.1, 0.15) is 36.7 Å². The van der Waals surface area contributed by atoms with Gasteiger partial charge in [0.1, 0.15) is 0 Å². The van der Waals surface area contributed by atoms with E-state index in [2.05, 4.69) is 15.9 Å². The number of aryl methyl sites for hydroxylation is 1. The standard InChI is InChI=1S/C17H14BrNO2/c1-11-5-7-12(8-6-11)15(18)10-19-16(20)13-3-2-4-14(9-13)17(19)21/h2-9,15H,10H2,1H3. The number of hydrogen-bond donors (Lipinski definition) is 0. The number of benzene rings is 2. The first kappa shape index (κ1) is 14.0. The molecule has 3 rings (SSSR count). The SMILES string of the molecule is Cc1ccc(C(Br)CN2C(=O)c3cccc(c3)C2=O)cc1. The lowest BCUT2D eigenvalue weighted by Gasteiger charge is -2.27. The number of alkyl halides is 1. The summed E-state index contributed by atoms with van der Waals surface area (Å²) in [6.07, 6.45) is 0. The molecule has 4 heteroatoms.